The summed E-state index contributed by atoms with van der Waals surface area (Å²) in [6.07, 6.45) is 0. The van der Waals surface area contributed by atoms with E-state index in [1.807, 2.05) is 0 Å². The van der Waals surface area contributed by atoms with Crippen molar-refractivity contribution in [3.8, 4) is 0 Å². The third kappa shape index (κ3) is 6.17. The Bertz CT molecular complexity index is 544. The molecule has 1 aromatic rings. The van der Waals surface area contributed by atoms with Crippen molar-refractivity contribution in [3.05, 3.63) is 11.8 Å². The number of thioether (sulfide) groups is 1. The van der Waals surface area contributed by atoms with Gasteiger partial charge in [0.05, 0.1) is 11.5 Å². The normalized spacial score (nSPS) is 10.5. The summed E-state index contributed by atoms with van der Waals surface area (Å²) in [4.78, 5) is 35.6. The van der Waals surface area contributed by atoms with Crippen LogP contribution in [0.4, 0.5) is 5.82 Å². The number of carbonyl (C=O) groups is 3. The van der Waals surface area contributed by atoms with Crippen LogP contribution < -0.4 is 5.32 Å². The van der Waals surface area contributed by atoms with Crippen LogP contribution in [0.15, 0.2) is 10.6 Å². The lowest BCUT2D eigenvalue weighted by Crippen LogP contribution is -2.41. The van der Waals surface area contributed by atoms with Gasteiger partial charge < -0.3 is 19.8 Å². The number of aryl methyl sites for hydroxylation is 1. The average Bonchev–Trinajstić information content (AvgIpc) is 2.80. The predicted octanol–water partition coefficient (Wildman–Crippen LogP) is 0.976. The Hall–Kier alpha value is -2.03. The number of hydrogen-bond donors (Lipinski definition) is 2. The van der Waals surface area contributed by atoms with Crippen LogP contribution in [-0.4, -0.2) is 57.0 Å². The molecular weight excluding hydrogens is 310 g/mol. The number of hydrogen-bond acceptors (Lipinski definition) is 6. The van der Waals surface area contributed by atoms with Crippen LogP contribution in [0.1, 0.15) is 19.6 Å². The molecule has 0 aliphatic rings. The molecule has 1 heterocycles. The monoisotopic (exact) mass is 329 g/mol. The first-order chi connectivity index (χ1) is 10.3. The molecule has 1 aromatic heterocycles. The quantitative estimate of drug-likeness (QED) is 0.731. The summed E-state index contributed by atoms with van der Waals surface area (Å²) in [5.74, 6) is -0.671. The Morgan fingerprint density at radius 2 is 2.09 bits per heavy atom. The molecule has 0 aliphatic heterocycles. The topological polar surface area (TPSA) is 113 Å². The van der Waals surface area contributed by atoms with Gasteiger partial charge in [-0.15, -0.1) is 11.8 Å². The molecule has 0 aliphatic carbocycles. The molecule has 122 valence electrons. The highest BCUT2D eigenvalue weighted by Gasteiger charge is 2.20. The molecule has 0 aromatic carbocycles. The van der Waals surface area contributed by atoms with Crippen LogP contribution in [0.3, 0.4) is 0 Å². The van der Waals surface area contributed by atoms with E-state index in [0.29, 0.717) is 11.6 Å². The van der Waals surface area contributed by atoms with E-state index in [4.69, 9.17) is 9.63 Å². The van der Waals surface area contributed by atoms with Crippen LogP contribution in [-0.2, 0) is 14.4 Å². The molecule has 0 fully saturated rings. The number of nitrogens with one attached hydrogen (secondary N) is 1. The van der Waals surface area contributed by atoms with E-state index in [1.165, 1.54) is 4.90 Å². The molecule has 8 nitrogen and oxygen atoms in total. The summed E-state index contributed by atoms with van der Waals surface area (Å²) in [5, 5.41) is 14.9. The zero-order valence-corrected chi connectivity index (χ0v) is 13.5. The smallest absolute Gasteiger partial charge is 0.323 e. The number of aliphatic carboxylic acids is 1. The molecule has 0 radical (unpaired) electrons. The second kappa shape index (κ2) is 8.42. The Labute approximate surface area is 132 Å². The highest BCUT2D eigenvalue weighted by Crippen LogP contribution is 2.10. The first-order valence-corrected chi connectivity index (χ1v) is 7.77. The van der Waals surface area contributed by atoms with Gasteiger partial charge in [0, 0.05) is 12.1 Å². The van der Waals surface area contributed by atoms with Gasteiger partial charge in [0.15, 0.2) is 5.82 Å². The van der Waals surface area contributed by atoms with Crippen LogP contribution >= 0.6 is 11.8 Å². The Kier molecular flexibility index (Phi) is 6.90. The van der Waals surface area contributed by atoms with Crippen LogP contribution in [0.2, 0.25) is 0 Å². The number of carboxylic acids is 1. The molecule has 0 atom stereocenters. The van der Waals surface area contributed by atoms with Gasteiger partial charge in [-0.2, -0.15) is 0 Å². The van der Waals surface area contributed by atoms with Gasteiger partial charge in [-0.3, -0.25) is 14.4 Å². The fourth-order valence-corrected chi connectivity index (χ4v) is 2.32. The second-order valence-electron chi connectivity index (χ2n) is 4.87. The van der Waals surface area contributed by atoms with E-state index >= 15 is 0 Å². The lowest BCUT2D eigenvalue weighted by atomic mass is 10.3. The van der Waals surface area contributed by atoms with Crippen LogP contribution in [0, 0.1) is 6.92 Å². The minimum atomic E-state index is -1.06. The molecule has 9 heteroatoms. The number of aromatic nitrogens is 1. The molecule has 2 N–H and O–H groups in total. The Morgan fingerprint density at radius 1 is 1.41 bits per heavy atom. The lowest BCUT2D eigenvalue weighted by molar-refractivity contribution is -0.144. The molecule has 1 rings (SSSR count). The molecule has 0 unspecified atom stereocenters. The van der Waals surface area contributed by atoms with E-state index in [2.05, 4.69) is 10.5 Å². The van der Waals surface area contributed by atoms with Crippen molar-refractivity contribution in [2.75, 3.05) is 23.4 Å². The standard InChI is InChI=1S/C13H19N3O5S/c1-8(2)16(5-13(19)20)12(18)7-22-6-11(17)14-10-4-9(3)21-15-10/h4,8H,5-7H2,1-3H3,(H,19,20)(H,14,15,17). The number of rotatable bonds is 8. The highest BCUT2D eigenvalue weighted by atomic mass is 32.2. The second-order valence-corrected chi connectivity index (χ2v) is 5.86. The summed E-state index contributed by atoms with van der Waals surface area (Å²) in [5.41, 5.74) is 0. The van der Waals surface area contributed by atoms with Gasteiger partial charge in [0.1, 0.15) is 12.3 Å². The average molecular weight is 329 g/mol. The third-order valence-electron chi connectivity index (χ3n) is 2.60. The molecule has 2 amide bonds. The molecule has 0 saturated carbocycles. The maximum absolute atomic E-state index is 11.9. The van der Waals surface area contributed by atoms with Crippen molar-refractivity contribution < 1.29 is 24.0 Å². The zero-order chi connectivity index (χ0) is 16.7. The number of carboxylic acid groups (broad SMARTS) is 1. The Morgan fingerprint density at radius 3 is 2.59 bits per heavy atom. The van der Waals surface area contributed by atoms with Gasteiger partial charge in [0.25, 0.3) is 0 Å². The van der Waals surface area contributed by atoms with Crippen molar-refractivity contribution in [1.82, 2.24) is 10.1 Å². The first-order valence-electron chi connectivity index (χ1n) is 6.61. The van der Waals surface area contributed by atoms with Gasteiger partial charge in [-0.05, 0) is 20.8 Å². The summed E-state index contributed by atoms with van der Waals surface area (Å²) in [6.45, 7) is 4.84. The van der Waals surface area contributed by atoms with Gasteiger partial charge in [-0.1, -0.05) is 5.16 Å². The number of carbonyl (C=O) groups excluding carboxylic acids is 2. The maximum Gasteiger partial charge on any atom is 0.323 e. The van der Waals surface area contributed by atoms with Crippen LogP contribution in [0.5, 0.6) is 0 Å². The van der Waals surface area contributed by atoms with Gasteiger partial charge in [0.2, 0.25) is 11.8 Å². The predicted molar refractivity (Wildman–Crippen MR) is 81.7 cm³/mol. The SMILES string of the molecule is Cc1cc(NC(=O)CSCC(=O)N(CC(=O)O)C(C)C)no1. The summed E-state index contributed by atoms with van der Waals surface area (Å²) in [7, 11) is 0. The Balaban J connectivity index is 2.36. The van der Waals surface area contributed by atoms with Gasteiger partial charge >= 0.3 is 5.97 Å². The largest absolute Gasteiger partial charge is 0.480 e. The number of amides is 2. The minimum absolute atomic E-state index is 0.0384. The maximum atomic E-state index is 11.9. The summed E-state index contributed by atoms with van der Waals surface area (Å²) < 4.78 is 4.81. The van der Waals surface area contributed by atoms with Gasteiger partial charge in [-0.25, -0.2) is 0 Å². The van der Waals surface area contributed by atoms with E-state index in [1.54, 1.807) is 26.8 Å². The molecule has 0 bridgehead atoms. The summed E-state index contributed by atoms with van der Waals surface area (Å²) >= 11 is 1.11. The van der Waals surface area contributed by atoms with E-state index in [9.17, 15) is 14.4 Å². The van der Waals surface area contributed by atoms with Crippen molar-refractivity contribution >= 4 is 35.4 Å². The fraction of sp³-hybridized carbons (Fsp3) is 0.538. The third-order valence-corrected chi connectivity index (χ3v) is 3.52. The highest BCUT2D eigenvalue weighted by molar-refractivity contribution is 8.00. The zero-order valence-electron chi connectivity index (χ0n) is 12.7. The molecular formula is C13H19N3O5S. The van der Waals surface area contributed by atoms with Crippen molar-refractivity contribution in [2.45, 2.75) is 26.8 Å². The summed E-state index contributed by atoms with van der Waals surface area (Å²) in [6, 6.07) is 1.37. The molecule has 22 heavy (non-hydrogen) atoms. The molecule has 0 spiro atoms. The van der Waals surface area contributed by atoms with Crippen molar-refractivity contribution in [3.63, 3.8) is 0 Å². The first kappa shape index (κ1) is 18.0. The number of nitrogens with zero attached hydrogens (tertiary/aromatic N) is 2. The fourth-order valence-electron chi connectivity index (χ4n) is 1.62. The molecule has 0 saturated heterocycles. The van der Waals surface area contributed by atoms with Crippen LogP contribution in [0.25, 0.3) is 0 Å². The van der Waals surface area contributed by atoms with E-state index < -0.39 is 5.97 Å². The van der Waals surface area contributed by atoms with E-state index in [0.717, 1.165) is 11.8 Å². The van der Waals surface area contributed by atoms with Crippen molar-refractivity contribution in [2.24, 2.45) is 0 Å². The minimum Gasteiger partial charge on any atom is -0.480 e. The van der Waals surface area contributed by atoms with E-state index in [-0.39, 0.29) is 35.9 Å². The van der Waals surface area contributed by atoms with Crippen molar-refractivity contribution in [1.29, 1.82) is 0 Å². The lowest BCUT2D eigenvalue weighted by Gasteiger charge is -2.24. The number of anilines is 1.